The molecule has 2 unspecified atom stereocenters. The molecule has 0 saturated heterocycles. The standard InChI is InChI=1S/C44H38BN3/c1-43-25-11-12-26-44(43,2)46-41-33(20-13-22-36(41)43)35-27-31(47(29-15-5-3-6-16-29)30-17-7-4-8-18-30)28-39-40(35)45-37-23-14-21-34-32-19-9-10-24-38(32)48(39)42(34)37/h3-10,13-24,27-28,45-46H,11-12,25-26H2,1-2H3. The fourth-order valence-electron chi connectivity index (χ4n) is 9.46. The summed E-state index contributed by atoms with van der Waals surface area (Å²) in [5.41, 5.74) is 15.7. The van der Waals surface area contributed by atoms with Crippen LogP contribution in [-0.4, -0.2) is 17.4 Å². The second-order valence-corrected chi connectivity index (χ2v) is 14.6. The summed E-state index contributed by atoms with van der Waals surface area (Å²) in [5.74, 6) is 0. The molecule has 1 saturated carbocycles. The fraction of sp³-hybridized carbons (Fsp3) is 0.182. The predicted octanol–water partition coefficient (Wildman–Crippen LogP) is 9.64. The van der Waals surface area contributed by atoms with Gasteiger partial charge in [-0.2, -0.15) is 0 Å². The van der Waals surface area contributed by atoms with Crippen molar-refractivity contribution in [2.24, 2.45) is 0 Å². The van der Waals surface area contributed by atoms with Crippen LogP contribution in [0, 0.1) is 0 Å². The molecule has 3 nitrogen and oxygen atoms in total. The van der Waals surface area contributed by atoms with Gasteiger partial charge in [-0.25, -0.2) is 0 Å². The van der Waals surface area contributed by atoms with Gasteiger partial charge in [-0.15, -0.1) is 0 Å². The summed E-state index contributed by atoms with van der Waals surface area (Å²) in [6, 6.07) is 49.4. The zero-order chi connectivity index (χ0) is 32.0. The van der Waals surface area contributed by atoms with Crippen LogP contribution in [0.3, 0.4) is 0 Å². The molecule has 3 aliphatic rings. The summed E-state index contributed by atoms with van der Waals surface area (Å²) in [6.45, 7) is 4.97. The van der Waals surface area contributed by atoms with Crippen LogP contribution >= 0.6 is 0 Å². The largest absolute Gasteiger partial charge is 0.378 e. The van der Waals surface area contributed by atoms with Gasteiger partial charge in [0.15, 0.2) is 7.28 Å². The quantitative estimate of drug-likeness (QED) is 0.198. The SMILES string of the molecule is CC12CCCCC1(C)c1cccc(-c3cc(N(c4ccccc4)c4ccccc4)cc4c3Bc3cccc5c6ccccc6n-4c35)c1N2. The Balaban J connectivity index is 1.31. The fourth-order valence-corrected chi connectivity index (χ4v) is 9.46. The van der Waals surface area contributed by atoms with Crippen LogP contribution in [-0.2, 0) is 5.41 Å². The van der Waals surface area contributed by atoms with E-state index < -0.39 is 0 Å². The summed E-state index contributed by atoms with van der Waals surface area (Å²) in [5, 5.41) is 6.82. The average Bonchev–Trinajstić information content (AvgIpc) is 3.59. The lowest BCUT2D eigenvalue weighted by Gasteiger charge is -2.45. The maximum absolute atomic E-state index is 4.18. The molecular formula is C44H38BN3. The van der Waals surface area contributed by atoms with Crippen molar-refractivity contribution in [3.8, 4) is 16.8 Å². The highest BCUT2D eigenvalue weighted by Crippen LogP contribution is 2.57. The van der Waals surface area contributed by atoms with Crippen LogP contribution in [0.25, 0.3) is 38.6 Å². The summed E-state index contributed by atoms with van der Waals surface area (Å²) in [6.07, 6.45) is 5.00. The highest BCUT2D eigenvalue weighted by molar-refractivity contribution is 6.73. The van der Waals surface area contributed by atoms with Gasteiger partial charge in [0.2, 0.25) is 0 Å². The maximum atomic E-state index is 4.18. The Morgan fingerprint density at radius 1 is 0.646 bits per heavy atom. The first-order valence-electron chi connectivity index (χ1n) is 17.5. The Labute approximate surface area is 283 Å². The minimum Gasteiger partial charge on any atom is -0.378 e. The second-order valence-electron chi connectivity index (χ2n) is 14.6. The minimum atomic E-state index is 0.0524. The molecule has 10 rings (SSSR count). The topological polar surface area (TPSA) is 20.2 Å². The van der Waals surface area contributed by atoms with E-state index >= 15 is 0 Å². The minimum absolute atomic E-state index is 0.0524. The third-order valence-corrected chi connectivity index (χ3v) is 12.1. The smallest absolute Gasteiger partial charge is 0.198 e. The highest BCUT2D eigenvalue weighted by Gasteiger charge is 2.53. The maximum Gasteiger partial charge on any atom is 0.198 e. The molecule has 48 heavy (non-hydrogen) atoms. The normalized spacial score (nSPS) is 20.5. The Morgan fingerprint density at radius 2 is 1.33 bits per heavy atom. The van der Waals surface area contributed by atoms with Gasteiger partial charge in [0.05, 0.1) is 5.52 Å². The van der Waals surface area contributed by atoms with Crippen LogP contribution in [0.1, 0.15) is 45.1 Å². The number of hydrogen-bond donors (Lipinski definition) is 1. The van der Waals surface area contributed by atoms with Gasteiger partial charge in [0, 0.05) is 61.2 Å². The van der Waals surface area contributed by atoms with Crippen LogP contribution in [0.15, 0.2) is 133 Å². The van der Waals surface area contributed by atoms with Crippen molar-refractivity contribution in [1.29, 1.82) is 0 Å². The van der Waals surface area contributed by atoms with Crippen molar-refractivity contribution in [3.63, 3.8) is 0 Å². The third-order valence-electron chi connectivity index (χ3n) is 12.1. The Morgan fingerprint density at radius 3 is 2.12 bits per heavy atom. The number of nitrogens with one attached hydrogen (secondary N) is 1. The van der Waals surface area contributed by atoms with Gasteiger partial charge in [-0.3, -0.25) is 0 Å². The Hall–Kier alpha value is -5.22. The van der Waals surface area contributed by atoms with E-state index in [4.69, 9.17) is 0 Å². The molecule has 0 amide bonds. The molecule has 232 valence electrons. The number of fused-ring (bicyclic) bond motifs is 8. The van der Waals surface area contributed by atoms with Crippen LogP contribution in [0.2, 0.25) is 0 Å². The predicted molar refractivity (Wildman–Crippen MR) is 205 cm³/mol. The van der Waals surface area contributed by atoms with E-state index in [1.165, 1.54) is 86.5 Å². The van der Waals surface area contributed by atoms with Crippen molar-refractivity contribution in [2.75, 3.05) is 10.2 Å². The van der Waals surface area contributed by atoms with Crippen molar-refractivity contribution in [1.82, 2.24) is 4.57 Å². The molecule has 1 N–H and O–H groups in total. The molecule has 2 aliphatic heterocycles. The zero-order valence-electron chi connectivity index (χ0n) is 27.6. The number of anilines is 4. The molecule has 0 bridgehead atoms. The first-order chi connectivity index (χ1) is 23.5. The lowest BCUT2D eigenvalue weighted by atomic mass is 9.58. The average molecular weight is 620 g/mol. The number of nitrogens with zero attached hydrogens (tertiary/aromatic N) is 2. The summed E-state index contributed by atoms with van der Waals surface area (Å²) >= 11 is 0. The summed E-state index contributed by atoms with van der Waals surface area (Å²) < 4.78 is 2.55. The first kappa shape index (κ1) is 27.9. The van der Waals surface area contributed by atoms with Gasteiger partial charge < -0.3 is 14.8 Å². The van der Waals surface area contributed by atoms with Gasteiger partial charge >= 0.3 is 0 Å². The molecule has 1 aliphatic carbocycles. The Bertz CT molecular complexity index is 2360. The van der Waals surface area contributed by atoms with E-state index in [2.05, 4.69) is 162 Å². The lowest BCUT2D eigenvalue weighted by Crippen LogP contribution is -2.50. The lowest BCUT2D eigenvalue weighted by molar-refractivity contribution is 0.214. The second kappa shape index (κ2) is 10.1. The number of hydrogen-bond acceptors (Lipinski definition) is 2. The van der Waals surface area contributed by atoms with E-state index in [1.807, 2.05) is 0 Å². The third kappa shape index (κ3) is 3.77. The van der Waals surface area contributed by atoms with Crippen LogP contribution < -0.4 is 21.1 Å². The Kier molecular flexibility index (Phi) is 5.89. The molecule has 0 radical (unpaired) electrons. The zero-order valence-corrected chi connectivity index (χ0v) is 27.6. The van der Waals surface area contributed by atoms with Crippen LogP contribution in [0.5, 0.6) is 0 Å². The van der Waals surface area contributed by atoms with Crippen LogP contribution in [0.4, 0.5) is 22.7 Å². The number of rotatable bonds is 4. The summed E-state index contributed by atoms with van der Waals surface area (Å²) in [7, 11) is 0.896. The van der Waals surface area contributed by atoms with E-state index in [0.29, 0.717) is 0 Å². The van der Waals surface area contributed by atoms with Gasteiger partial charge in [0.25, 0.3) is 0 Å². The van der Waals surface area contributed by atoms with Crippen molar-refractivity contribution in [2.45, 2.75) is 50.5 Å². The molecule has 2 atom stereocenters. The van der Waals surface area contributed by atoms with Crippen molar-refractivity contribution in [3.05, 3.63) is 139 Å². The number of benzene rings is 6. The van der Waals surface area contributed by atoms with Crippen molar-refractivity contribution >= 4 is 62.8 Å². The van der Waals surface area contributed by atoms with E-state index in [1.54, 1.807) is 0 Å². The molecule has 7 aromatic rings. The molecule has 6 aromatic carbocycles. The monoisotopic (exact) mass is 619 g/mol. The highest BCUT2D eigenvalue weighted by atomic mass is 15.1. The van der Waals surface area contributed by atoms with E-state index in [0.717, 1.165) is 24.3 Å². The number of aromatic nitrogens is 1. The van der Waals surface area contributed by atoms with Crippen molar-refractivity contribution < 1.29 is 0 Å². The first-order valence-corrected chi connectivity index (χ1v) is 17.5. The number of para-hydroxylation sites is 5. The molecule has 4 heteroatoms. The van der Waals surface area contributed by atoms with Gasteiger partial charge in [-0.1, -0.05) is 116 Å². The van der Waals surface area contributed by atoms with Gasteiger partial charge in [-0.05, 0) is 78.8 Å². The molecule has 3 heterocycles. The van der Waals surface area contributed by atoms with E-state index in [-0.39, 0.29) is 11.0 Å². The van der Waals surface area contributed by atoms with Gasteiger partial charge in [0.1, 0.15) is 0 Å². The summed E-state index contributed by atoms with van der Waals surface area (Å²) in [4.78, 5) is 2.42. The molecule has 1 aromatic heterocycles. The molecule has 0 spiro atoms. The van der Waals surface area contributed by atoms with E-state index in [9.17, 15) is 0 Å². The molecule has 1 fully saturated rings. The molecular weight excluding hydrogens is 581 g/mol.